The number of aromatic nitrogens is 2. The van der Waals surface area contributed by atoms with Crippen molar-refractivity contribution in [1.82, 2.24) is 9.55 Å². The fraction of sp³-hybridized carbons (Fsp3) is 0.0625. The molecule has 0 aliphatic carbocycles. The summed E-state index contributed by atoms with van der Waals surface area (Å²) in [6.45, 7) is -0.577. The Morgan fingerprint density at radius 1 is 1.11 bits per heavy atom. The summed E-state index contributed by atoms with van der Waals surface area (Å²) in [5, 5.41) is 23.7. The lowest BCUT2D eigenvalue weighted by atomic mass is 10.2. The molecule has 0 atom stereocenters. The number of hydrogen-bond donors (Lipinski definition) is 1. The van der Waals surface area contributed by atoms with Crippen LogP contribution in [-0.4, -0.2) is 25.3 Å². The number of hydrogen-bond acceptors (Lipinski definition) is 7. The second kappa shape index (κ2) is 7.19. The van der Waals surface area contributed by atoms with Crippen molar-refractivity contribution in [3.05, 3.63) is 79.1 Å². The predicted molar refractivity (Wildman–Crippen MR) is 94.3 cm³/mol. The third-order valence-corrected chi connectivity index (χ3v) is 3.77. The van der Waals surface area contributed by atoms with Crippen LogP contribution in [0.15, 0.2) is 47.5 Å². The highest BCUT2D eigenvalue weighted by Crippen LogP contribution is 2.21. The zero-order chi connectivity index (χ0) is 20.4. The Labute approximate surface area is 154 Å². The normalized spacial score (nSPS) is 10.6. The van der Waals surface area contributed by atoms with Crippen molar-refractivity contribution in [2.24, 2.45) is 0 Å². The van der Waals surface area contributed by atoms with Gasteiger partial charge in [-0.2, -0.15) is 0 Å². The first-order chi connectivity index (χ1) is 13.3. The Morgan fingerprint density at radius 2 is 1.75 bits per heavy atom. The van der Waals surface area contributed by atoms with Gasteiger partial charge in [0.1, 0.15) is 12.4 Å². The summed E-state index contributed by atoms with van der Waals surface area (Å²) in [5.74, 6) is -1.73. The third-order valence-electron chi connectivity index (χ3n) is 3.77. The van der Waals surface area contributed by atoms with E-state index in [1.54, 1.807) is 0 Å². The molecule has 0 aliphatic rings. The van der Waals surface area contributed by atoms with Gasteiger partial charge in [-0.25, -0.2) is 9.37 Å². The van der Waals surface area contributed by atoms with Crippen molar-refractivity contribution in [2.45, 2.75) is 6.54 Å². The van der Waals surface area contributed by atoms with Crippen LogP contribution >= 0.6 is 0 Å². The Hall–Kier alpha value is -4.22. The highest BCUT2D eigenvalue weighted by Gasteiger charge is 2.15. The van der Waals surface area contributed by atoms with Crippen LogP contribution in [0.3, 0.4) is 0 Å². The molecule has 142 valence electrons. The van der Waals surface area contributed by atoms with Crippen LogP contribution in [0.5, 0.6) is 0 Å². The van der Waals surface area contributed by atoms with Gasteiger partial charge < -0.3 is 5.32 Å². The van der Waals surface area contributed by atoms with E-state index in [9.17, 15) is 34.2 Å². The number of anilines is 1. The molecule has 0 radical (unpaired) electrons. The first-order valence-corrected chi connectivity index (χ1v) is 7.63. The van der Waals surface area contributed by atoms with Gasteiger partial charge in [0.2, 0.25) is 5.91 Å². The third kappa shape index (κ3) is 3.65. The first kappa shape index (κ1) is 18.6. The monoisotopic (exact) mass is 387 g/mol. The summed E-state index contributed by atoms with van der Waals surface area (Å²) in [5.41, 5.74) is -1.65. The first-order valence-electron chi connectivity index (χ1n) is 7.63. The largest absolute Gasteiger partial charge is 0.322 e. The minimum Gasteiger partial charge on any atom is -0.322 e. The number of carbonyl (C=O) groups is 1. The number of nitrogens with one attached hydrogen (secondary N) is 1. The molecule has 0 aliphatic heterocycles. The summed E-state index contributed by atoms with van der Waals surface area (Å²) < 4.78 is 14.6. The number of benzene rings is 2. The van der Waals surface area contributed by atoms with Crippen molar-refractivity contribution in [2.75, 3.05) is 5.32 Å². The van der Waals surface area contributed by atoms with Crippen LogP contribution in [0, 0.1) is 26.0 Å². The smallest absolute Gasteiger partial charge is 0.271 e. The molecular weight excluding hydrogens is 377 g/mol. The number of amides is 1. The van der Waals surface area contributed by atoms with Crippen LogP contribution in [-0.2, 0) is 11.3 Å². The summed E-state index contributed by atoms with van der Waals surface area (Å²) in [6, 6.07) is 6.15. The lowest BCUT2D eigenvalue weighted by Crippen LogP contribution is -2.28. The zero-order valence-corrected chi connectivity index (χ0v) is 13.9. The summed E-state index contributed by atoms with van der Waals surface area (Å²) in [6.07, 6.45) is 1.07. The molecule has 0 saturated heterocycles. The molecule has 1 N–H and O–H groups in total. The molecule has 3 rings (SSSR count). The zero-order valence-electron chi connectivity index (χ0n) is 13.9. The molecule has 0 bridgehead atoms. The van der Waals surface area contributed by atoms with Gasteiger partial charge >= 0.3 is 0 Å². The lowest BCUT2D eigenvalue weighted by Gasteiger charge is -2.08. The lowest BCUT2D eigenvalue weighted by molar-refractivity contribution is -0.385. The van der Waals surface area contributed by atoms with E-state index < -0.39 is 45.0 Å². The van der Waals surface area contributed by atoms with Crippen molar-refractivity contribution in [1.29, 1.82) is 0 Å². The Kier molecular flexibility index (Phi) is 4.76. The fourth-order valence-corrected chi connectivity index (χ4v) is 2.44. The quantitative estimate of drug-likeness (QED) is 0.519. The standard InChI is InChI=1S/C16H10FN5O6/c17-12-3-1-10(22(27)28)6-14(12)19-15(23)7-20-8-18-13-4-2-9(21(25)26)5-11(13)16(20)24/h1-6,8H,7H2,(H,19,23). The summed E-state index contributed by atoms with van der Waals surface area (Å²) in [7, 11) is 0. The van der Waals surface area contributed by atoms with E-state index in [0.29, 0.717) is 0 Å². The van der Waals surface area contributed by atoms with Gasteiger partial charge in [0, 0.05) is 24.3 Å². The molecule has 0 fully saturated rings. The number of fused-ring (bicyclic) bond motifs is 1. The molecule has 28 heavy (non-hydrogen) atoms. The highest BCUT2D eigenvalue weighted by atomic mass is 19.1. The molecule has 3 aromatic rings. The van der Waals surface area contributed by atoms with E-state index in [0.717, 1.165) is 35.2 Å². The van der Waals surface area contributed by atoms with E-state index in [-0.39, 0.29) is 16.6 Å². The molecule has 1 heterocycles. The van der Waals surface area contributed by atoms with Crippen molar-refractivity contribution in [3.63, 3.8) is 0 Å². The number of carbonyl (C=O) groups excluding carboxylic acids is 1. The number of nitro benzene ring substituents is 2. The SMILES string of the molecule is O=C(Cn1cnc2ccc([N+](=O)[O-])cc2c1=O)Nc1cc([N+](=O)[O-])ccc1F. The van der Waals surface area contributed by atoms with Crippen molar-refractivity contribution in [3.8, 4) is 0 Å². The van der Waals surface area contributed by atoms with E-state index >= 15 is 0 Å². The Bertz CT molecular complexity index is 1190. The number of nitrogens with zero attached hydrogens (tertiary/aromatic N) is 4. The fourth-order valence-electron chi connectivity index (χ4n) is 2.44. The second-order valence-electron chi connectivity index (χ2n) is 5.61. The van der Waals surface area contributed by atoms with E-state index in [1.165, 1.54) is 12.1 Å². The maximum atomic E-state index is 13.8. The molecule has 11 nitrogen and oxygen atoms in total. The van der Waals surface area contributed by atoms with Gasteiger partial charge in [-0.05, 0) is 12.1 Å². The van der Waals surface area contributed by atoms with Gasteiger partial charge in [-0.15, -0.1) is 0 Å². The molecule has 0 saturated carbocycles. The van der Waals surface area contributed by atoms with Crippen molar-refractivity contribution < 1.29 is 19.0 Å². The number of halogens is 1. The van der Waals surface area contributed by atoms with Crippen LogP contribution in [0.1, 0.15) is 0 Å². The van der Waals surface area contributed by atoms with Gasteiger partial charge in [0.05, 0.1) is 32.8 Å². The highest BCUT2D eigenvalue weighted by molar-refractivity contribution is 5.91. The van der Waals surface area contributed by atoms with Crippen LogP contribution in [0.25, 0.3) is 10.9 Å². The molecular formula is C16H10FN5O6. The Balaban J connectivity index is 1.88. The van der Waals surface area contributed by atoms with Gasteiger partial charge in [-0.3, -0.25) is 34.4 Å². The molecule has 1 aromatic heterocycles. The second-order valence-corrected chi connectivity index (χ2v) is 5.61. The maximum Gasteiger partial charge on any atom is 0.271 e. The van der Waals surface area contributed by atoms with Crippen LogP contribution in [0.2, 0.25) is 0 Å². The number of non-ortho nitro benzene ring substituents is 2. The van der Waals surface area contributed by atoms with Gasteiger partial charge in [-0.1, -0.05) is 0 Å². The van der Waals surface area contributed by atoms with E-state index in [1.807, 2.05) is 0 Å². The molecule has 0 unspecified atom stereocenters. The van der Waals surface area contributed by atoms with Crippen LogP contribution < -0.4 is 10.9 Å². The average molecular weight is 387 g/mol. The molecule has 1 amide bonds. The topological polar surface area (TPSA) is 150 Å². The molecule has 2 aromatic carbocycles. The Morgan fingerprint density at radius 3 is 2.43 bits per heavy atom. The average Bonchev–Trinajstić information content (AvgIpc) is 2.65. The predicted octanol–water partition coefficient (Wildman–Crippen LogP) is 1.99. The minimum atomic E-state index is -0.890. The van der Waals surface area contributed by atoms with Gasteiger partial charge in [0.15, 0.2) is 0 Å². The van der Waals surface area contributed by atoms with Crippen molar-refractivity contribution >= 4 is 33.9 Å². The molecule has 12 heteroatoms. The molecule has 0 spiro atoms. The van der Waals surface area contributed by atoms with E-state index in [2.05, 4.69) is 10.3 Å². The number of nitro groups is 2. The summed E-state index contributed by atoms with van der Waals surface area (Å²) >= 11 is 0. The van der Waals surface area contributed by atoms with E-state index in [4.69, 9.17) is 0 Å². The number of rotatable bonds is 5. The van der Waals surface area contributed by atoms with Crippen LogP contribution in [0.4, 0.5) is 21.5 Å². The van der Waals surface area contributed by atoms with Gasteiger partial charge in [0.25, 0.3) is 16.9 Å². The summed E-state index contributed by atoms with van der Waals surface area (Å²) in [4.78, 5) is 48.7. The minimum absolute atomic E-state index is 0.0639. The maximum absolute atomic E-state index is 13.8.